The minimum atomic E-state index is -3.93. The van der Waals surface area contributed by atoms with E-state index in [9.17, 15) is 18.0 Å². The molecule has 1 aliphatic heterocycles. The second kappa shape index (κ2) is 9.79. The van der Waals surface area contributed by atoms with Crippen LogP contribution in [-0.4, -0.2) is 40.1 Å². The molecule has 8 nitrogen and oxygen atoms in total. The highest BCUT2D eigenvalue weighted by Gasteiger charge is 2.32. The Kier molecular flexibility index (Phi) is 6.79. The van der Waals surface area contributed by atoms with E-state index < -0.39 is 28.0 Å². The van der Waals surface area contributed by atoms with E-state index in [0.717, 1.165) is 11.1 Å². The number of carbonyl (C=O) groups is 2. The Morgan fingerprint density at radius 2 is 1.80 bits per heavy atom. The number of aryl methyl sites for hydroxylation is 1. The summed E-state index contributed by atoms with van der Waals surface area (Å²) in [4.78, 5) is 25.4. The lowest BCUT2D eigenvalue weighted by atomic mass is 10.2. The molecule has 9 heteroatoms. The van der Waals surface area contributed by atoms with Gasteiger partial charge < -0.3 is 14.8 Å². The van der Waals surface area contributed by atoms with Crippen molar-refractivity contribution in [1.82, 2.24) is 0 Å². The van der Waals surface area contributed by atoms with E-state index in [1.807, 2.05) is 25.1 Å². The number of benzene rings is 3. The Hall–Kier alpha value is -3.85. The lowest BCUT2D eigenvalue weighted by Crippen LogP contribution is -2.31. The van der Waals surface area contributed by atoms with E-state index >= 15 is 0 Å². The number of hydrogen-bond acceptors (Lipinski definition) is 6. The Bertz CT molecular complexity index is 1390. The molecule has 1 heterocycles. The molecule has 3 aromatic rings. The number of amides is 1. The number of nitrogens with zero attached hydrogens (tertiary/aromatic N) is 1. The number of methoxy groups -OCH3 is 1. The minimum absolute atomic E-state index is 0.0705. The van der Waals surface area contributed by atoms with Crippen LogP contribution in [-0.2, 0) is 26.0 Å². The van der Waals surface area contributed by atoms with Crippen molar-refractivity contribution in [2.24, 2.45) is 0 Å². The van der Waals surface area contributed by atoms with Gasteiger partial charge in [0.1, 0.15) is 11.3 Å². The third-order valence-electron chi connectivity index (χ3n) is 5.76. The zero-order chi connectivity index (χ0) is 25.2. The molecule has 1 unspecified atom stereocenters. The summed E-state index contributed by atoms with van der Waals surface area (Å²) in [5.41, 5.74) is 3.02. The highest BCUT2D eigenvalue weighted by Crippen LogP contribution is 2.34. The topological polar surface area (TPSA) is 102 Å². The van der Waals surface area contributed by atoms with Gasteiger partial charge in [-0.3, -0.25) is 9.10 Å². The smallest absolute Gasteiger partial charge is 0.342 e. The van der Waals surface area contributed by atoms with Crippen molar-refractivity contribution in [2.45, 2.75) is 31.3 Å². The molecule has 0 aliphatic carbocycles. The number of rotatable bonds is 7. The number of para-hydroxylation sites is 1. The Labute approximate surface area is 204 Å². The van der Waals surface area contributed by atoms with Crippen molar-refractivity contribution < 1.29 is 27.5 Å². The van der Waals surface area contributed by atoms with Crippen molar-refractivity contribution in [3.63, 3.8) is 0 Å². The van der Waals surface area contributed by atoms with Crippen LogP contribution in [0.2, 0.25) is 0 Å². The van der Waals surface area contributed by atoms with Crippen LogP contribution in [0.25, 0.3) is 0 Å². The molecule has 0 bridgehead atoms. The van der Waals surface area contributed by atoms with Gasteiger partial charge in [0.25, 0.3) is 15.9 Å². The molecule has 0 saturated carbocycles. The van der Waals surface area contributed by atoms with E-state index in [0.29, 0.717) is 24.3 Å². The molecule has 1 amide bonds. The van der Waals surface area contributed by atoms with Crippen molar-refractivity contribution in [3.8, 4) is 5.75 Å². The molecule has 1 N–H and O–H groups in total. The largest absolute Gasteiger partial charge is 0.496 e. The van der Waals surface area contributed by atoms with Gasteiger partial charge in [0.05, 0.1) is 17.7 Å². The van der Waals surface area contributed by atoms with Gasteiger partial charge in [-0.1, -0.05) is 30.3 Å². The van der Waals surface area contributed by atoms with E-state index in [2.05, 4.69) is 5.32 Å². The van der Waals surface area contributed by atoms with Crippen molar-refractivity contribution >= 4 is 33.3 Å². The lowest BCUT2D eigenvalue weighted by molar-refractivity contribution is -0.123. The first-order valence-electron chi connectivity index (χ1n) is 11.1. The number of hydrogen-bond donors (Lipinski definition) is 1. The van der Waals surface area contributed by atoms with Crippen molar-refractivity contribution in [3.05, 3.63) is 83.4 Å². The summed E-state index contributed by atoms with van der Waals surface area (Å²) in [6.07, 6.45) is -0.521. The van der Waals surface area contributed by atoms with E-state index in [-0.39, 0.29) is 16.2 Å². The maximum absolute atomic E-state index is 13.4. The average Bonchev–Trinajstić information content (AvgIpc) is 3.28. The van der Waals surface area contributed by atoms with Crippen LogP contribution >= 0.6 is 0 Å². The first-order chi connectivity index (χ1) is 16.7. The van der Waals surface area contributed by atoms with Gasteiger partial charge >= 0.3 is 5.97 Å². The summed E-state index contributed by atoms with van der Waals surface area (Å²) in [5.74, 6) is -1.24. The van der Waals surface area contributed by atoms with Crippen LogP contribution in [0.3, 0.4) is 0 Å². The quantitative estimate of drug-likeness (QED) is 0.499. The van der Waals surface area contributed by atoms with Gasteiger partial charge in [-0.2, -0.15) is 0 Å². The molecular formula is C26H26N2O6S. The molecule has 35 heavy (non-hydrogen) atoms. The summed E-state index contributed by atoms with van der Waals surface area (Å²) < 4.78 is 38.7. The van der Waals surface area contributed by atoms with Crippen LogP contribution in [0, 0.1) is 6.92 Å². The molecule has 0 fully saturated rings. The fourth-order valence-corrected chi connectivity index (χ4v) is 5.47. The molecule has 0 saturated heterocycles. The van der Waals surface area contributed by atoms with E-state index in [1.165, 1.54) is 36.5 Å². The molecular weight excluding hydrogens is 468 g/mol. The number of ether oxygens (including phenoxy) is 2. The number of fused-ring (bicyclic) bond motifs is 1. The van der Waals surface area contributed by atoms with E-state index in [1.54, 1.807) is 30.3 Å². The second-order valence-corrected chi connectivity index (χ2v) is 10.1. The summed E-state index contributed by atoms with van der Waals surface area (Å²) in [6.45, 7) is 3.65. The van der Waals surface area contributed by atoms with Gasteiger partial charge in [0.15, 0.2) is 6.10 Å². The monoisotopic (exact) mass is 494 g/mol. The van der Waals surface area contributed by atoms with Crippen molar-refractivity contribution in [1.29, 1.82) is 0 Å². The fraction of sp³-hybridized carbons (Fsp3) is 0.231. The van der Waals surface area contributed by atoms with E-state index in [4.69, 9.17) is 9.47 Å². The Morgan fingerprint density at radius 1 is 1.03 bits per heavy atom. The first-order valence-corrected chi connectivity index (χ1v) is 12.5. The molecule has 1 atom stereocenters. The van der Waals surface area contributed by atoms with Gasteiger partial charge in [-0.05, 0) is 67.8 Å². The van der Waals surface area contributed by atoms with Crippen LogP contribution in [0.5, 0.6) is 5.75 Å². The second-order valence-electron chi connectivity index (χ2n) is 8.22. The number of esters is 1. The number of carbonyl (C=O) groups excluding carboxylic acids is 2. The number of nitrogens with one attached hydrogen (secondary N) is 1. The van der Waals surface area contributed by atoms with Crippen LogP contribution in [0.15, 0.2) is 71.6 Å². The van der Waals surface area contributed by atoms with Gasteiger partial charge in [-0.15, -0.1) is 0 Å². The average molecular weight is 495 g/mol. The number of anilines is 2. The summed E-state index contributed by atoms with van der Waals surface area (Å²) >= 11 is 0. The molecule has 182 valence electrons. The van der Waals surface area contributed by atoms with Gasteiger partial charge in [0.2, 0.25) is 0 Å². The standard InChI is InChI=1S/C26H26N2O6S/c1-17-7-6-9-20(15-17)27-25(29)18(2)34-26(30)22-16-21(11-12-24(22)33-3)35(31,32)28-14-13-19-8-4-5-10-23(19)28/h4-12,15-16,18H,13-14H2,1-3H3,(H,27,29). The highest BCUT2D eigenvalue weighted by molar-refractivity contribution is 7.92. The predicted molar refractivity (Wildman–Crippen MR) is 132 cm³/mol. The zero-order valence-corrected chi connectivity index (χ0v) is 20.5. The Balaban J connectivity index is 1.56. The zero-order valence-electron chi connectivity index (χ0n) is 19.6. The molecule has 3 aromatic carbocycles. The first kappa shape index (κ1) is 24.3. The maximum Gasteiger partial charge on any atom is 0.342 e. The predicted octanol–water partition coefficient (Wildman–Crippen LogP) is 3.94. The minimum Gasteiger partial charge on any atom is -0.496 e. The molecule has 0 radical (unpaired) electrons. The number of sulfonamides is 1. The molecule has 4 rings (SSSR count). The summed E-state index contributed by atoms with van der Waals surface area (Å²) in [5, 5.41) is 2.70. The van der Waals surface area contributed by atoms with Crippen LogP contribution in [0.4, 0.5) is 11.4 Å². The van der Waals surface area contributed by atoms with Crippen LogP contribution in [0.1, 0.15) is 28.4 Å². The highest BCUT2D eigenvalue weighted by atomic mass is 32.2. The normalized spacial score (nSPS) is 13.6. The maximum atomic E-state index is 13.4. The van der Waals surface area contributed by atoms with Gasteiger partial charge in [-0.25, -0.2) is 13.2 Å². The molecule has 0 aromatic heterocycles. The van der Waals surface area contributed by atoms with Crippen LogP contribution < -0.4 is 14.4 Å². The molecule has 1 aliphatic rings. The SMILES string of the molecule is COc1ccc(S(=O)(=O)N2CCc3ccccc32)cc1C(=O)OC(C)C(=O)Nc1cccc(C)c1. The third-order valence-corrected chi connectivity index (χ3v) is 7.57. The van der Waals surface area contributed by atoms with Crippen molar-refractivity contribution in [2.75, 3.05) is 23.3 Å². The molecule has 0 spiro atoms. The fourth-order valence-electron chi connectivity index (χ4n) is 3.94. The summed E-state index contributed by atoms with van der Waals surface area (Å²) in [6, 6.07) is 18.5. The third kappa shape index (κ3) is 5.00. The summed E-state index contributed by atoms with van der Waals surface area (Å²) in [7, 11) is -2.57. The van der Waals surface area contributed by atoms with Gasteiger partial charge in [0, 0.05) is 12.2 Å². The lowest BCUT2D eigenvalue weighted by Gasteiger charge is -2.20. The Morgan fingerprint density at radius 3 is 2.54 bits per heavy atom.